The Balaban J connectivity index is 1.64. The number of alkyl halides is 3. The Bertz CT molecular complexity index is 782. The second-order valence-corrected chi connectivity index (χ2v) is 7.08. The summed E-state index contributed by atoms with van der Waals surface area (Å²) >= 11 is 1.35. The van der Waals surface area contributed by atoms with Crippen LogP contribution in [-0.2, 0) is 6.18 Å². The molecule has 0 spiro atoms. The summed E-state index contributed by atoms with van der Waals surface area (Å²) in [4.78, 5) is 20.3. The van der Waals surface area contributed by atoms with Crippen LogP contribution in [0.1, 0.15) is 34.0 Å². The van der Waals surface area contributed by atoms with Gasteiger partial charge in [0.1, 0.15) is 10.7 Å². The van der Waals surface area contributed by atoms with Gasteiger partial charge in [-0.25, -0.2) is 4.98 Å². The number of nitrogens with two attached hydrogens (primary N) is 1. The number of hydrogen-bond donors (Lipinski definition) is 1. The maximum atomic E-state index is 12.9. The van der Waals surface area contributed by atoms with Gasteiger partial charge in [0, 0.05) is 37.2 Å². The molecule has 1 saturated heterocycles. The highest BCUT2D eigenvalue weighted by molar-refractivity contribution is 7.09. The first-order valence-corrected chi connectivity index (χ1v) is 9.06. The van der Waals surface area contributed by atoms with Crippen molar-refractivity contribution in [3.05, 3.63) is 45.9 Å². The molecule has 1 aromatic heterocycles. The van der Waals surface area contributed by atoms with Crippen LogP contribution in [0.3, 0.4) is 0 Å². The highest BCUT2D eigenvalue weighted by Crippen LogP contribution is 2.32. The van der Waals surface area contributed by atoms with Crippen molar-refractivity contribution in [1.29, 1.82) is 0 Å². The normalized spacial score (nSPS) is 16.7. The molecule has 9 heteroatoms. The molecule has 1 atom stereocenters. The molecule has 1 amide bonds. The standard InChI is InChI=1S/C17H19F3N4OS/c1-11(21)15-22-14(10-26-15)16(25)24-7-5-23(6-8-24)13-4-2-3-12(9-13)17(18,19)20/h2-4,9-11H,5-8,21H2,1H3. The molecule has 0 saturated carbocycles. The van der Waals surface area contributed by atoms with Crippen LogP contribution in [-0.4, -0.2) is 42.0 Å². The number of amides is 1. The number of hydrogen-bond acceptors (Lipinski definition) is 5. The van der Waals surface area contributed by atoms with Crippen molar-refractivity contribution >= 4 is 22.9 Å². The highest BCUT2D eigenvalue weighted by Gasteiger charge is 2.31. The van der Waals surface area contributed by atoms with E-state index in [1.807, 2.05) is 4.90 Å². The summed E-state index contributed by atoms with van der Waals surface area (Å²) in [5.74, 6) is -0.170. The lowest BCUT2D eigenvalue weighted by Crippen LogP contribution is -2.49. The molecular weight excluding hydrogens is 365 g/mol. The van der Waals surface area contributed by atoms with Gasteiger partial charge in [-0.3, -0.25) is 4.79 Å². The molecule has 2 aromatic rings. The molecule has 140 valence electrons. The lowest BCUT2D eigenvalue weighted by molar-refractivity contribution is -0.137. The van der Waals surface area contributed by atoms with Gasteiger partial charge in [-0.2, -0.15) is 13.2 Å². The minimum absolute atomic E-state index is 0.170. The molecule has 1 aromatic carbocycles. The van der Waals surface area contributed by atoms with Gasteiger partial charge >= 0.3 is 6.18 Å². The van der Waals surface area contributed by atoms with E-state index in [0.29, 0.717) is 42.6 Å². The average molecular weight is 384 g/mol. The maximum Gasteiger partial charge on any atom is 0.416 e. The summed E-state index contributed by atoms with van der Waals surface area (Å²) in [6.45, 7) is 3.61. The first-order chi connectivity index (χ1) is 12.3. The Morgan fingerprint density at radius 3 is 2.54 bits per heavy atom. The number of piperazine rings is 1. The molecular formula is C17H19F3N4OS. The van der Waals surface area contributed by atoms with E-state index < -0.39 is 11.7 Å². The minimum atomic E-state index is -4.36. The lowest BCUT2D eigenvalue weighted by atomic mass is 10.1. The van der Waals surface area contributed by atoms with Gasteiger partial charge in [0.05, 0.1) is 11.6 Å². The highest BCUT2D eigenvalue weighted by atomic mass is 32.1. The Morgan fingerprint density at radius 2 is 1.96 bits per heavy atom. The quantitative estimate of drug-likeness (QED) is 0.883. The number of carbonyl (C=O) groups excluding carboxylic acids is 1. The van der Waals surface area contributed by atoms with Crippen molar-refractivity contribution in [3.8, 4) is 0 Å². The molecule has 2 N–H and O–H groups in total. The summed E-state index contributed by atoms with van der Waals surface area (Å²) in [5.41, 5.74) is 5.98. The predicted molar refractivity (Wildman–Crippen MR) is 94.3 cm³/mol. The van der Waals surface area contributed by atoms with Crippen molar-refractivity contribution in [2.24, 2.45) is 5.73 Å². The van der Waals surface area contributed by atoms with Crippen molar-refractivity contribution in [1.82, 2.24) is 9.88 Å². The van der Waals surface area contributed by atoms with Crippen LogP contribution in [0, 0.1) is 0 Å². The number of rotatable bonds is 3. The SMILES string of the molecule is CC(N)c1nc(C(=O)N2CCN(c3cccc(C(F)(F)F)c3)CC2)cs1. The summed E-state index contributed by atoms with van der Waals surface area (Å²) < 4.78 is 38.6. The predicted octanol–water partition coefficient (Wildman–Crippen LogP) is 3.14. The Labute approximate surface area is 153 Å². The maximum absolute atomic E-state index is 12.9. The Hall–Kier alpha value is -2.13. The first-order valence-electron chi connectivity index (χ1n) is 8.18. The van der Waals surface area contributed by atoms with Crippen molar-refractivity contribution < 1.29 is 18.0 Å². The van der Waals surface area contributed by atoms with Gasteiger partial charge in [-0.15, -0.1) is 11.3 Å². The summed E-state index contributed by atoms with van der Waals surface area (Å²) in [7, 11) is 0. The largest absolute Gasteiger partial charge is 0.416 e. The van der Waals surface area contributed by atoms with Crippen LogP contribution in [0.2, 0.25) is 0 Å². The van der Waals surface area contributed by atoms with Gasteiger partial charge in [-0.1, -0.05) is 6.07 Å². The van der Waals surface area contributed by atoms with E-state index in [-0.39, 0.29) is 11.9 Å². The number of thiazole rings is 1. The van der Waals surface area contributed by atoms with E-state index in [0.717, 1.165) is 12.1 Å². The lowest BCUT2D eigenvalue weighted by Gasteiger charge is -2.36. The Kier molecular flexibility index (Phi) is 5.19. The van der Waals surface area contributed by atoms with Crippen LogP contribution < -0.4 is 10.6 Å². The van der Waals surface area contributed by atoms with E-state index in [9.17, 15) is 18.0 Å². The molecule has 0 aliphatic carbocycles. The number of anilines is 1. The zero-order valence-corrected chi connectivity index (χ0v) is 15.0. The van der Waals surface area contributed by atoms with Crippen LogP contribution in [0.25, 0.3) is 0 Å². The monoisotopic (exact) mass is 384 g/mol. The number of carbonyl (C=O) groups is 1. The molecule has 1 aliphatic heterocycles. The zero-order chi connectivity index (χ0) is 18.9. The number of halogens is 3. The number of aromatic nitrogens is 1. The van der Waals surface area contributed by atoms with Gasteiger partial charge in [-0.05, 0) is 25.1 Å². The molecule has 26 heavy (non-hydrogen) atoms. The zero-order valence-electron chi connectivity index (χ0n) is 14.2. The van der Waals surface area contributed by atoms with Crippen molar-refractivity contribution in [3.63, 3.8) is 0 Å². The molecule has 2 heterocycles. The van der Waals surface area contributed by atoms with Crippen LogP contribution in [0.15, 0.2) is 29.6 Å². The van der Waals surface area contributed by atoms with E-state index in [2.05, 4.69) is 4.98 Å². The molecule has 3 rings (SSSR count). The smallest absolute Gasteiger partial charge is 0.368 e. The van der Waals surface area contributed by atoms with Crippen LogP contribution in [0.5, 0.6) is 0 Å². The topological polar surface area (TPSA) is 62.5 Å². The number of benzene rings is 1. The van der Waals surface area contributed by atoms with Gasteiger partial charge in [0.15, 0.2) is 0 Å². The summed E-state index contributed by atoms with van der Waals surface area (Å²) in [6.07, 6.45) is -4.36. The molecule has 1 unspecified atom stereocenters. The third-order valence-electron chi connectivity index (χ3n) is 4.24. The molecule has 0 bridgehead atoms. The van der Waals surface area contributed by atoms with Gasteiger partial charge < -0.3 is 15.5 Å². The first kappa shape index (κ1) is 18.7. The van der Waals surface area contributed by atoms with Crippen molar-refractivity contribution in [2.45, 2.75) is 19.1 Å². The minimum Gasteiger partial charge on any atom is -0.368 e. The Morgan fingerprint density at radius 1 is 1.27 bits per heavy atom. The van der Waals surface area contributed by atoms with Gasteiger partial charge in [0.2, 0.25) is 0 Å². The fourth-order valence-corrected chi connectivity index (χ4v) is 3.56. The molecule has 5 nitrogen and oxygen atoms in total. The van der Waals surface area contributed by atoms with E-state index >= 15 is 0 Å². The summed E-state index contributed by atoms with van der Waals surface area (Å²) in [6, 6.07) is 5.04. The van der Waals surface area contributed by atoms with E-state index in [1.165, 1.54) is 17.4 Å². The number of nitrogens with zero attached hydrogens (tertiary/aromatic N) is 3. The van der Waals surface area contributed by atoms with Gasteiger partial charge in [0.25, 0.3) is 5.91 Å². The third kappa shape index (κ3) is 3.99. The van der Waals surface area contributed by atoms with Crippen LogP contribution >= 0.6 is 11.3 Å². The summed E-state index contributed by atoms with van der Waals surface area (Å²) in [5, 5.41) is 2.40. The van der Waals surface area contributed by atoms with Crippen molar-refractivity contribution in [2.75, 3.05) is 31.1 Å². The second-order valence-electron chi connectivity index (χ2n) is 6.19. The van der Waals surface area contributed by atoms with E-state index in [4.69, 9.17) is 5.73 Å². The molecule has 1 fully saturated rings. The third-order valence-corrected chi connectivity index (χ3v) is 5.28. The fraction of sp³-hybridized carbons (Fsp3) is 0.412. The van der Waals surface area contributed by atoms with E-state index in [1.54, 1.807) is 23.3 Å². The fourth-order valence-electron chi connectivity index (χ4n) is 2.80. The van der Waals surface area contributed by atoms with Crippen LogP contribution in [0.4, 0.5) is 18.9 Å². The molecule has 0 radical (unpaired) electrons. The second kappa shape index (κ2) is 7.24. The average Bonchev–Trinajstić information content (AvgIpc) is 3.11. The molecule has 1 aliphatic rings.